The Hall–Kier alpha value is -2.02. The monoisotopic (exact) mass is 341 g/mol. The number of anilines is 1. The van der Waals surface area contributed by atoms with E-state index in [-0.39, 0.29) is 11.8 Å². The van der Waals surface area contributed by atoms with Crippen molar-refractivity contribution >= 4 is 29.1 Å². The van der Waals surface area contributed by atoms with Gasteiger partial charge in [0.05, 0.1) is 4.92 Å². The minimum absolute atomic E-state index is 0.0248. The van der Waals surface area contributed by atoms with Crippen LogP contribution in [0.3, 0.4) is 0 Å². The number of nitro benzene ring substituents is 1. The van der Waals surface area contributed by atoms with Crippen LogP contribution in [0.25, 0.3) is 0 Å². The summed E-state index contributed by atoms with van der Waals surface area (Å²) in [7, 11) is 0. The fourth-order valence-electron chi connectivity index (χ4n) is 2.37. The maximum absolute atomic E-state index is 12.0. The van der Waals surface area contributed by atoms with Gasteiger partial charge in [-0.25, -0.2) is 4.79 Å². The van der Waals surface area contributed by atoms with E-state index in [2.05, 4.69) is 0 Å². The van der Waals surface area contributed by atoms with Crippen LogP contribution in [0.2, 0.25) is 5.02 Å². The molecule has 0 spiro atoms. The fourth-order valence-corrected chi connectivity index (χ4v) is 2.53. The van der Waals surface area contributed by atoms with Crippen LogP contribution in [-0.2, 0) is 4.74 Å². The molecule has 1 aromatic rings. The van der Waals surface area contributed by atoms with Crippen molar-refractivity contribution < 1.29 is 14.5 Å². The minimum Gasteiger partial charge on any atom is -0.444 e. The number of benzene rings is 1. The average molecular weight is 342 g/mol. The van der Waals surface area contributed by atoms with Crippen molar-refractivity contribution in [1.82, 2.24) is 4.90 Å². The van der Waals surface area contributed by atoms with Gasteiger partial charge in [0.2, 0.25) is 0 Å². The highest BCUT2D eigenvalue weighted by molar-refractivity contribution is 6.30. The van der Waals surface area contributed by atoms with Gasteiger partial charge in [0.15, 0.2) is 0 Å². The lowest BCUT2D eigenvalue weighted by Crippen LogP contribution is -2.50. The molecule has 1 aliphatic heterocycles. The van der Waals surface area contributed by atoms with Crippen molar-refractivity contribution in [2.75, 3.05) is 31.1 Å². The van der Waals surface area contributed by atoms with Crippen LogP contribution in [0.4, 0.5) is 16.2 Å². The molecule has 7 nitrogen and oxygen atoms in total. The molecule has 1 fully saturated rings. The van der Waals surface area contributed by atoms with Crippen molar-refractivity contribution in [3.8, 4) is 0 Å². The molecule has 0 saturated carbocycles. The van der Waals surface area contributed by atoms with Gasteiger partial charge in [-0.1, -0.05) is 11.6 Å². The molecule has 8 heteroatoms. The van der Waals surface area contributed by atoms with Gasteiger partial charge in [-0.15, -0.1) is 0 Å². The quantitative estimate of drug-likeness (QED) is 0.609. The number of ether oxygens (including phenoxy) is 1. The van der Waals surface area contributed by atoms with Crippen LogP contribution >= 0.6 is 11.6 Å². The number of carbonyl (C=O) groups excluding carboxylic acids is 1. The molecular weight excluding hydrogens is 322 g/mol. The predicted octanol–water partition coefficient (Wildman–Crippen LogP) is 3.31. The second-order valence-corrected chi connectivity index (χ2v) is 6.78. The van der Waals surface area contributed by atoms with Crippen molar-refractivity contribution in [1.29, 1.82) is 0 Å². The minimum atomic E-state index is -0.539. The molecule has 1 saturated heterocycles. The molecule has 0 radical (unpaired) electrons. The number of nitrogens with zero attached hydrogens (tertiary/aromatic N) is 3. The fraction of sp³-hybridized carbons (Fsp3) is 0.533. The Bertz CT molecular complexity index is 607. The summed E-state index contributed by atoms with van der Waals surface area (Å²) < 4.78 is 5.34. The van der Waals surface area contributed by atoms with E-state index in [0.717, 1.165) is 0 Å². The summed E-state index contributed by atoms with van der Waals surface area (Å²) in [5.74, 6) is 0. The van der Waals surface area contributed by atoms with E-state index in [0.29, 0.717) is 36.9 Å². The topological polar surface area (TPSA) is 75.9 Å². The summed E-state index contributed by atoms with van der Waals surface area (Å²) in [6.07, 6.45) is -0.359. The van der Waals surface area contributed by atoms with Gasteiger partial charge in [0.25, 0.3) is 5.69 Å². The summed E-state index contributed by atoms with van der Waals surface area (Å²) in [4.78, 5) is 26.3. The third-order valence-corrected chi connectivity index (χ3v) is 3.64. The second kappa shape index (κ2) is 6.62. The molecule has 0 N–H and O–H groups in total. The summed E-state index contributed by atoms with van der Waals surface area (Å²) in [6.45, 7) is 7.36. The molecule has 1 amide bonds. The Balaban J connectivity index is 2.05. The average Bonchev–Trinajstić information content (AvgIpc) is 2.45. The summed E-state index contributed by atoms with van der Waals surface area (Å²) in [5.41, 5.74) is -0.0464. The molecular formula is C15H20ClN3O4. The van der Waals surface area contributed by atoms with Crippen molar-refractivity contribution in [2.45, 2.75) is 26.4 Å². The molecule has 1 aromatic carbocycles. The van der Waals surface area contributed by atoms with Crippen LogP contribution < -0.4 is 4.90 Å². The summed E-state index contributed by atoms with van der Waals surface area (Å²) in [6, 6.07) is 4.62. The lowest BCUT2D eigenvalue weighted by molar-refractivity contribution is -0.384. The van der Waals surface area contributed by atoms with E-state index in [1.54, 1.807) is 17.0 Å². The first-order valence-corrected chi connectivity index (χ1v) is 7.72. The highest BCUT2D eigenvalue weighted by Gasteiger charge is 2.28. The van der Waals surface area contributed by atoms with Crippen LogP contribution in [-0.4, -0.2) is 47.7 Å². The van der Waals surface area contributed by atoms with Crippen LogP contribution in [0.15, 0.2) is 18.2 Å². The van der Waals surface area contributed by atoms with Crippen LogP contribution in [0.1, 0.15) is 20.8 Å². The van der Waals surface area contributed by atoms with Gasteiger partial charge in [-0.05, 0) is 32.9 Å². The Morgan fingerprint density at radius 2 is 1.87 bits per heavy atom. The number of nitro groups is 1. The number of amides is 1. The van der Waals surface area contributed by atoms with Gasteiger partial charge in [-0.2, -0.15) is 0 Å². The first-order valence-electron chi connectivity index (χ1n) is 7.34. The molecule has 0 aromatic heterocycles. The van der Waals surface area contributed by atoms with Gasteiger partial charge in [-0.3, -0.25) is 10.1 Å². The van der Waals surface area contributed by atoms with Crippen LogP contribution in [0.5, 0.6) is 0 Å². The van der Waals surface area contributed by atoms with Crippen LogP contribution in [0, 0.1) is 10.1 Å². The van der Waals surface area contributed by atoms with E-state index in [1.807, 2.05) is 25.7 Å². The first kappa shape index (κ1) is 17.3. The van der Waals surface area contributed by atoms with Gasteiger partial charge in [0, 0.05) is 37.3 Å². The lowest BCUT2D eigenvalue weighted by Gasteiger charge is -2.36. The number of halogens is 1. The number of piperazine rings is 1. The number of rotatable bonds is 2. The zero-order chi connectivity index (χ0) is 17.2. The lowest BCUT2D eigenvalue weighted by atomic mass is 10.2. The number of carbonyl (C=O) groups is 1. The van der Waals surface area contributed by atoms with Crippen molar-refractivity contribution in [3.63, 3.8) is 0 Å². The van der Waals surface area contributed by atoms with Gasteiger partial charge in [0.1, 0.15) is 11.3 Å². The normalized spacial score (nSPS) is 15.5. The summed E-state index contributed by atoms with van der Waals surface area (Å²) >= 11 is 5.83. The van der Waals surface area contributed by atoms with E-state index >= 15 is 0 Å². The van der Waals surface area contributed by atoms with E-state index < -0.39 is 10.5 Å². The standard InChI is InChI=1S/C15H20ClN3O4/c1-15(2,3)23-14(20)18-8-6-17(7-9-18)12-5-4-11(16)10-13(12)19(21)22/h4-5,10H,6-9H2,1-3H3. The molecule has 2 rings (SSSR count). The number of hydrogen-bond acceptors (Lipinski definition) is 5. The van der Waals surface area contributed by atoms with Crippen molar-refractivity contribution in [2.24, 2.45) is 0 Å². The third-order valence-electron chi connectivity index (χ3n) is 3.41. The predicted molar refractivity (Wildman–Crippen MR) is 88.1 cm³/mol. The Morgan fingerprint density at radius 1 is 1.26 bits per heavy atom. The first-order chi connectivity index (χ1) is 10.7. The smallest absolute Gasteiger partial charge is 0.410 e. The molecule has 0 unspecified atom stereocenters. The highest BCUT2D eigenvalue weighted by Crippen LogP contribution is 2.31. The van der Waals surface area contributed by atoms with E-state index in [9.17, 15) is 14.9 Å². The Morgan fingerprint density at radius 3 is 2.39 bits per heavy atom. The third kappa shape index (κ3) is 4.48. The molecule has 23 heavy (non-hydrogen) atoms. The maximum atomic E-state index is 12.0. The molecule has 1 aliphatic rings. The Kier molecular flexibility index (Phi) is 4.99. The Labute approximate surface area is 139 Å². The van der Waals surface area contributed by atoms with Crippen molar-refractivity contribution in [3.05, 3.63) is 33.3 Å². The second-order valence-electron chi connectivity index (χ2n) is 6.34. The maximum Gasteiger partial charge on any atom is 0.410 e. The highest BCUT2D eigenvalue weighted by atomic mass is 35.5. The number of hydrogen-bond donors (Lipinski definition) is 0. The summed E-state index contributed by atoms with van der Waals surface area (Å²) in [5, 5.41) is 11.5. The SMILES string of the molecule is CC(C)(C)OC(=O)N1CCN(c2ccc(Cl)cc2[N+](=O)[O-])CC1. The zero-order valence-corrected chi connectivity index (χ0v) is 14.2. The molecule has 0 atom stereocenters. The molecule has 126 valence electrons. The van der Waals surface area contributed by atoms with Gasteiger partial charge < -0.3 is 14.5 Å². The zero-order valence-electron chi connectivity index (χ0n) is 13.4. The molecule has 0 aliphatic carbocycles. The molecule has 0 bridgehead atoms. The molecule has 1 heterocycles. The van der Waals surface area contributed by atoms with E-state index in [4.69, 9.17) is 16.3 Å². The van der Waals surface area contributed by atoms with Gasteiger partial charge >= 0.3 is 6.09 Å². The largest absolute Gasteiger partial charge is 0.444 e. The van der Waals surface area contributed by atoms with E-state index in [1.165, 1.54) is 6.07 Å².